The first-order chi connectivity index (χ1) is 10.6. The number of rotatable bonds is 6. The molecule has 1 aliphatic carbocycles. The number of nitrogens with one attached hydrogen (secondary N) is 1. The van der Waals surface area contributed by atoms with Crippen LogP contribution in [-0.2, 0) is 17.6 Å². The number of hydrogen-bond donors (Lipinski definition) is 1. The van der Waals surface area contributed by atoms with Gasteiger partial charge in [0.05, 0.1) is 5.69 Å². The zero-order valence-corrected chi connectivity index (χ0v) is 13.3. The lowest BCUT2D eigenvalue weighted by molar-refractivity contribution is -0.116. The van der Waals surface area contributed by atoms with Crippen LogP contribution in [0.2, 0.25) is 5.02 Å². The van der Waals surface area contributed by atoms with Crippen molar-refractivity contribution in [1.82, 2.24) is 5.16 Å². The van der Waals surface area contributed by atoms with Gasteiger partial charge < -0.3 is 9.84 Å². The number of halogens is 1. The topological polar surface area (TPSA) is 55.1 Å². The Balaban J connectivity index is 1.62. The Hall–Kier alpha value is -1.81. The number of amides is 1. The van der Waals surface area contributed by atoms with Crippen molar-refractivity contribution in [3.63, 3.8) is 0 Å². The summed E-state index contributed by atoms with van der Waals surface area (Å²) in [5.74, 6) is 1.48. The van der Waals surface area contributed by atoms with E-state index in [-0.39, 0.29) is 5.91 Å². The van der Waals surface area contributed by atoms with Crippen molar-refractivity contribution < 1.29 is 9.32 Å². The van der Waals surface area contributed by atoms with E-state index in [9.17, 15) is 4.79 Å². The van der Waals surface area contributed by atoms with Crippen LogP contribution in [0, 0.1) is 12.8 Å². The highest BCUT2D eigenvalue weighted by atomic mass is 35.5. The van der Waals surface area contributed by atoms with Crippen molar-refractivity contribution in [3.8, 4) is 0 Å². The van der Waals surface area contributed by atoms with E-state index in [1.807, 2.05) is 31.2 Å². The molecular formula is C17H19ClN2O2. The highest BCUT2D eigenvalue weighted by molar-refractivity contribution is 6.31. The van der Waals surface area contributed by atoms with Gasteiger partial charge in [0.1, 0.15) is 5.76 Å². The number of aryl methyl sites for hydroxylation is 3. The average Bonchev–Trinajstić information content (AvgIpc) is 3.19. The lowest BCUT2D eigenvalue weighted by Crippen LogP contribution is -2.12. The monoisotopic (exact) mass is 318 g/mol. The molecule has 1 amide bonds. The number of aromatic nitrogens is 1. The Morgan fingerprint density at radius 2 is 2.18 bits per heavy atom. The number of anilines is 1. The largest absolute Gasteiger partial charge is 0.361 e. The summed E-state index contributed by atoms with van der Waals surface area (Å²) in [6, 6.07) is 7.55. The molecule has 0 atom stereocenters. The molecule has 1 fully saturated rings. The van der Waals surface area contributed by atoms with E-state index in [0.717, 1.165) is 35.5 Å². The molecule has 1 aliphatic rings. The van der Waals surface area contributed by atoms with Gasteiger partial charge in [-0.05, 0) is 62.3 Å². The number of carbonyl (C=O) groups excluding carboxylic acids is 1. The average molecular weight is 319 g/mol. The van der Waals surface area contributed by atoms with Gasteiger partial charge in [-0.2, -0.15) is 0 Å². The molecule has 1 N–H and O–H groups in total. The van der Waals surface area contributed by atoms with Gasteiger partial charge in [-0.25, -0.2) is 0 Å². The van der Waals surface area contributed by atoms with Crippen LogP contribution in [0.15, 0.2) is 28.8 Å². The summed E-state index contributed by atoms with van der Waals surface area (Å²) in [7, 11) is 0. The SMILES string of the molecule is Cc1cc(CCc2cc(NC(=O)CC3CC3)ccc2Cl)no1. The molecule has 1 heterocycles. The zero-order chi connectivity index (χ0) is 15.5. The molecule has 1 saturated carbocycles. The van der Waals surface area contributed by atoms with E-state index in [1.165, 1.54) is 12.8 Å². The number of benzene rings is 1. The summed E-state index contributed by atoms with van der Waals surface area (Å²) in [4.78, 5) is 11.9. The molecule has 0 aliphatic heterocycles. The van der Waals surface area contributed by atoms with E-state index < -0.39 is 0 Å². The van der Waals surface area contributed by atoms with Crippen LogP contribution >= 0.6 is 11.6 Å². The summed E-state index contributed by atoms with van der Waals surface area (Å²) in [5, 5.41) is 7.64. The molecule has 0 unspecified atom stereocenters. The summed E-state index contributed by atoms with van der Waals surface area (Å²) in [6.45, 7) is 1.87. The van der Waals surface area contributed by atoms with E-state index >= 15 is 0 Å². The maximum Gasteiger partial charge on any atom is 0.224 e. The fraction of sp³-hybridized carbons (Fsp3) is 0.412. The first kappa shape index (κ1) is 15.1. The highest BCUT2D eigenvalue weighted by Gasteiger charge is 2.24. The maximum absolute atomic E-state index is 11.9. The third-order valence-electron chi connectivity index (χ3n) is 3.83. The minimum Gasteiger partial charge on any atom is -0.361 e. The molecule has 1 aromatic heterocycles. The second-order valence-electron chi connectivity index (χ2n) is 5.93. The predicted octanol–water partition coefficient (Wildman–Crippen LogP) is 4.16. The minimum absolute atomic E-state index is 0.0860. The summed E-state index contributed by atoms with van der Waals surface area (Å²) in [6.07, 6.45) is 4.50. The van der Waals surface area contributed by atoms with Crippen LogP contribution in [0.3, 0.4) is 0 Å². The van der Waals surface area contributed by atoms with Crippen molar-refractivity contribution in [2.75, 3.05) is 5.32 Å². The van der Waals surface area contributed by atoms with Gasteiger partial charge in [0.2, 0.25) is 5.91 Å². The van der Waals surface area contributed by atoms with E-state index in [1.54, 1.807) is 0 Å². The number of carbonyl (C=O) groups is 1. The zero-order valence-electron chi connectivity index (χ0n) is 12.6. The molecule has 116 valence electrons. The molecule has 5 heteroatoms. The summed E-state index contributed by atoms with van der Waals surface area (Å²) in [5.41, 5.74) is 2.73. The Kier molecular flexibility index (Phi) is 4.48. The standard InChI is InChI=1S/C17H19ClN2O2/c1-11-8-15(20-22-11)5-4-13-10-14(6-7-16(13)18)19-17(21)9-12-2-3-12/h6-8,10,12H,2-5,9H2,1H3,(H,19,21). The first-order valence-electron chi connectivity index (χ1n) is 7.60. The Morgan fingerprint density at radius 1 is 1.36 bits per heavy atom. The fourth-order valence-corrected chi connectivity index (χ4v) is 2.65. The van der Waals surface area contributed by atoms with E-state index in [0.29, 0.717) is 17.4 Å². The summed E-state index contributed by atoms with van der Waals surface area (Å²) >= 11 is 6.24. The Morgan fingerprint density at radius 3 is 2.86 bits per heavy atom. The lowest BCUT2D eigenvalue weighted by Gasteiger charge is -2.09. The van der Waals surface area contributed by atoms with Crippen molar-refractivity contribution >= 4 is 23.2 Å². The van der Waals surface area contributed by atoms with Gasteiger partial charge in [-0.1, -0.05) is 16.8 Å². The quantitative estimate of drug-likeness (QED) is 0.870. The second-order valence-corrected chi connectivity index (χ2v) is 6.34. The maximum atomic E-state index is 11.9. The van der Waals surface area contributed by atoms with E-state index in [2.05, 4.69) is 10.5 Å². The molecule has 0 saturated heterocycles. The van der Waals surface area contributed by atoms with Crippen molar-refractivity contribution in [3.05, 3.63) is 46.3 Å². The third kappa shape index (κ3) is 4.10. The van der Waals surface area contributed by atoms with Gasteiger partial charge in [0, 0.05) is 23.2 Å². The van der Waals surface area contributed by atoms with Crippen LogP contribution in [0.5, 0.6) is 0 Å². The van der Waals surface area contributed by atoms with E-state index in [4.69, 9.17) is 16.1 Å². The molecule has 1 aromatic carbocycles. The predicted molar refractivity (Wildman–Crippen MR) is 86.1 cm³/mol. The smallest absolute Gasteiger partial charge is 0.224 e. The normalized spacial score (nSPS) is 14.1. The summed E-state index contributed by atoms with van der Waals surface area (Å²) < 4.78 is 5.06. The molecule has 0 bridgehead atoms. The van der Waals surface area contributed by atoms with Crippen LogP contribution in [0.1, 0.15) is 36.3 Å². The number of nitrogens with zero attached hydrogens (tertiary/aromatic N) is 1. The third-order valence-corrected chi connectivity index (χ3v) is 4.20. The fourth-order valence-electron chi connectivity index (χ4n) is 2.44. The van der Waals surface area contributed by atoms with Crippen LogP contribution in [0.4, 0.5) is 5.69 Å². The molecule has 4 nitrogen and oxygen atoms in total. The number of hydrogen-bond acceptors (Lipinski definition) is 3. The molecule has 3 rings (SSSR count). The van der Waals surface area contributed by atoms with Crippen LogP contribution in [0.25, 0.3) is 0 Å². The molecular weight excluding hydrogens is 300 g/mol. The molecule has 0 radical (unpaired) electrons. The Bertz CT molecular complexity index is 677. The van der Waals surface area contributed by atoms with Crippen LogP contribution in [-0.4, -0.2) is 11.1 Å². The second kappa shape index (κ2) is 6.53. The Labute approximate surface area is 134 Å². The highest BCUT2D eigenvalue weighted by Crippen LogP contribution is 2.32. The molecule has 0 spiro atoms. The molecule has 2 aromatic rings. The van der Waals surface area contributed by atoms with Crippen molar-refractivity contribution in [1.29, 1.82) is 0 Å². The molecule has 22 heavy (non-hydrogen) atoms. The van der Waals surface area contributed by atoms with Gasteiger partial charge in [-0.3, -0.25) is 4.79 Å². The van der Waals surface area contributed by atoms with Gasteiger partial charge in [0.25, 0.3) is 0 Å². The van der Waals surface area contributed by atoms with Crippen molar-refractivity contribution in [2.45, 2.75) is 39.0 Å². The lowest BCUT2D eigenvalue weighted by atomic mass is 10.1. The first-order valence-corrected chi connectivity index (χ1v) is 7.98. The minimum atomic E-state index is 0.0860. The van der Waals surface area contributed by atoms with Gasteiger partial charge >= 0.3 is 0 Å². The van der Waals surface area contributed by atoms with Crippen LogP contribution < -0.4 is 5.32 Å². The van der Waals surface area contributed by atoms with Gasteiger partial charge in [-0.15, -0.1) is 0 Å². The van der Waals surface area contributed by atoms with Crippen molar-refractivity contribution in [2.24, 2.45) is 5.92 Å². The van der Waals surface area contributed by atoms with Gasteiger partial charge in [0.15, 0.2) is 0 Å².